The first-order valence-corrected chi connectivity index (χ1v) is 8.98. The Morgan fingerprint density at radius 2 is 2.19 bits per heavy atom. The smallest absolute Gasteiger partial charge is 0.404 e. The molecule has 3 heterocycles. The van der Waals surface area contributed by atoms with Crippen LogP contribution in [0, 0.1) is 0 Å². The Kier molecular flexibility index (Phi) is 5.16. The van der Waals surface area contributed by atoms with Crippen molar-refractivity contribution in [3.63, 3.8) is 0 Å². The lowest BCUT2D eigenvalue weighted by atomic mass is 10.0. The number of hydrogen-bond acceptors (Lipinski definition) is 5. The van der Waals surface area contributed by atoms with Crippen LogP contribution in [0.3, 0.4) is 0 Å². The van der Waals surface area contributed by atoms with Crippen molar-refractivity contribution in [2.75, 3.05) is 23.3 Å². The summed E-state index contributed by atoms with van der Waals surface area (Å²) in [6.45, 7) is 3.95. The maximum Gasteiger partial charge on any atom is 0.404 e. The highest BCUT2D eigenvalue weighted by molar-refractivity contribution is 6.35. The first-order chi connectivity index (χ1) is 12.7. The van der Waals surface area contributed by atoms with E-state index in [-0.39, 0.29) is 6.04 Å². The molecule has 1 fully saturated rings. The molecule has 10 heteroatoms. The Morgan fingerprint density at radius 3 is 2.85 bits per heavy atom. The van der Waals surface area contributed by atoms with Crippen LogP contribution in [0.5, 0.6) is 0 Å². The number of carbonyl (C=O) groups excluding carboxylic acids is 1. The maximum absolute atomic E-state index is 12.2. The van der Waals surface area contributed by atoms with Crippen LogP contribution in [-0.2, 0) is 4.79 Å². The molecular weight excluding hydrogens is 374 g/mol. The SMILES string of the molecule is CC(C)(O)C(=O)Nc1c[nH]c2ncc(Cl)c(N3CCCC(NC(=O)O)C3)c12. The number of nitrogens with zero attached hydrogens (tertiary/aromatic N) is 2. The summed E-state index contributed by atoms with van der Waals surface area (Å²) in [6, 6.07) is -0.219. The Bertz CT molecular complexity index is 876. The zero-order valence-corrected chi connectivity index (χ0v) is 15.8. The lowest BCUT2D eigenvalue weighted by Gasteiger charge is -2.35. The number of amides is 2. The molecule has 0 radical (unpaired) electrons. The van der Waals surface area contributed by atoms with E-state index in [9.17, 15) is 14.7 Å². The van der Waals surface area contributed by atoms with Gasteiger partial charge in [-0.05, 0) is 26.7 Å². The molecule has 5 N–H and O–H groups in total. The number of nitrogens with one attached hydrogen (secondary N) is 3. The fraction of sp³-hybridized carbons (Fsp3) is 0.471. The van der Waals surface area contributed by atoms with Crippen molar-refractivity contribution in [3.05, 3.63) is 17.4 Å². The van der Waals surface area contributed by atoms with Crippen LogP contribution in [0.15, 0.2) is 12.4 Å². The fourth-order valence-corrected chi connectivity index (χ4v) is 3.47. The Balaban J connectivity index is 1.99. The lowest BCUT2D eigenvalue weighted by molar-refractivity contribution is -0.130. The monoisotopic (exact) mass is 395 g/mol. The van der Waals surface area contributed by atoms with Gasteiger partial charge < -0.3 is 30.7 Å². The average Bonchev–Trinajstić information content (AvgIpc) is 2.96. The van der Waals surface area contributed by atoms with Crippen LogP contribution in [0.2, 0.25) is 5.02 Å². The van der Waals surface area contributed by atoms with Crippen LogP contribution >= 0.6 is 11.6 Å². The highest BCUT2D eigenvalue weighted by atomic mass is 35.5. The van der Waals surface area contributed by atoms with E-state index in [0.717, 1.165) is 12.8 Å². The molecule has 0 aromatic carbocycles. The zero-order valence-electron chi connectivity index (χ0n) is 15.0. The number of hydrogen-bond donors (Lipinski definition) is 5. The van der Waals surface area contributed by atoms with Gasteiger partial charge >= 0.3 is 6.09 Å². The molecule has 0 saturated carbocycles. The van der Waals surface area contributed by atoms with E-state index in [2.05, 4.69) is 20.6 Å². The molecule has 9 nitrogen and oxygen atoms in total. The number of aliphatic hydroxyl groups is 1. The summed E-state index contributed by atoms with van der Waals surface area (Å²) in [5.41, 5.74) is 0.118. The van der Waals surface area contributed by atoms with Crippen LogP contribution < -0.4 is 15.5 Å². The molecule has 0 bridgehead atoms. The number of H-pyrrole nitrogens is 1. The van der Waals surface area contributed by atoms with Crippen molar-refractivity contribution in [2.24, 2.45) is 0 Å². The van der Waals surface area contributed by atoms with Crippen molar-refractivity contribution >= 4 is 46.0 Å². The highest BCUT2D eigenvalue weighted by Gasteiger charge is 2.28. The second kappa shape index (κ2) is 7.24. The van der Waals surface area contributed by atoms with Gasteiger partial charge in [-0.3, -0.25) is 4.79 Å². The highest BCUT2D eigenvalue weighted by Crippen LogP contribution is 2.38. The summed E-state index contributed by atoms with van der Waals surface area (Å²) < 4.78 is 0. The van der Waals surface area contributed by atoms with Gasteiger partial charge in [0.25, 0.3) is 5.91 Å². The predicted molar refractivity (Wildman–Crippen MR) is 102 cm³/mol. The molecule has 0 aliphatic carbocycles. The molecule has 0 spiro atoms. The van der Waals surface area contributed by atoms with Crippen molar-refractivity contribution in [1.29, 1.82) is 0 Å². The van der Waals surface area contributed by atoms with Gasteiger partial charge in [0.2, 0.25) is 0 Å². The van der Waals surface area contributed by atoms with Crippen LogP contribution in [-0.4, -0.2) is 56.9 Å². The van der Waals surface area contributed by atoms with Gasteiger partial charge in [0, 0.05) is 25.3 Å². The molecule has 1 saturated heterocycles. The molecule has 1 atom stereocenters. The zero-order chi connectivity index (χ0) is 19.8. The summed E-state index contributed by atoms with van der Waals surface area (Å²) >= 11 is 6.43. The summed E-state index contributed by atoms with van der Waals surface area (Å²) in [4.78, 5) is 32.4. The number of aromatic nitrogens is 2. The summed E-state index contributed by atoms with van der Waals surface area (Å²) in [7, 11) is 0. The molecular formula is C17H22ClN5O4. The van der Waals surface area contributed by atoms with E-state index < -0.39 is 17.6 Å². The first-order valence-electron chi connectivity index (χ1n) is 8.60. The molecule has 1 unspecified atom stereocenters. The van der Waals surface area contributed by atoms with Gasteiger partial charge in [0.15, 0.2) is 0 Å². The molecule has 2 amide bonds. The number of carbonyl (C=O) groups is 2. The standard InChI is InChI=1S/C17H22ClN5O4/c1-17(2,27)15(24)22-11-7-20-14-12(11)13(10(18)6-19-14)23-5-3-4-9(8-23)21-16(25)26/h6-7,9,21,27H,3-5,8H2,1-2H3,(H,19,20)(H,22,24)(H,25,26). The normalized spacial score (nSPS) is 17.8. The Labute approximate surface area is 160 Å². The minimum absolute atomic E-state index is 0.219. The molecule has 146 valence electrons. The van der Waals surface area contributed by atoms with Crippen LogP contribution in [0.1, 0.15) is 26.7 Å². The van der Waals surface area contributed by atoms with Crippen LogP contribution in [0.25, 0.3) is 11.0 Å². The Morgan fingerprint density at radius 1 is 1.44 bits per heavy atom. The number of aromatic amines is 1. The summed E-state index contributed by atoms with van der Waals surface area (Å²) in [5, 5.41) is 25.1. The third kappa shape index (κ3) is 4.09. The van der Waals surface area contributed by atoms with Gasteiger partial charge in [-0.2, -0.15) is 0 Å². The predicted octanol–water partition coefficient (Wildman–Crippen LogP) is 2.16. The molecule has 1 aliphatic rings. The van der Waals surface area contributed by atoms with Crippen molar-refractivity contribution in [2.45, 2.75) is 38.3 Å². The minimum atomic E-state index is -1.54. The number of pyridine rings is 1. The van der Waals surface area contributed by atoms with Crippen molar-refractivity contribution in [3.8, 4) is 0 Å². The van der Waals surface area contributed by atoms with Gasteiger partial charge in [-0.25, -0.2) is 9.78 Å². The fourth-order valence-electron chi connectivity index (χ4n) is 3.21. The van der Waals surface area contributed by atoms with Crippen molar-refractivity contribution in [1.82, 2.24) is 15.3 Å². The van der Waals surface area contributed by atoms with Crippen molar-refractivity contribution < 1.29 is 19.8 Å². The van der Waals surface area contributed by atoms with Crippen LogP contribution in [0.4, 0.5) is 16.2 Å². The van der Waals surface area contributed by atoms with E-state index in [1.165, 1.54) is 20.0 Å². The Hall–Kier alpha value is -2.52. The minimum Gasteiger partial charge on any atom is -0.465 e. The number of anilines is 2. The number of rotatable bonds is 4. The molecule has 1 aliphatic heterocycles. The van der Waals surface area contributed by atoms with E-state index in [4.69, 9.17) is 16.7 Å². The van der Waals surface area contributed by atoms with E-state index >= 15 is 0 Å². The second-order valence-electron chi connectivity index (χ2n) is 7.13. The quantitative estimate of drug-likeness (QED) is 0.539. The number of fused-ring (bicyclic) bond motifs is 1. The second-order valence-corrected chi connectivity index (χ2v) is 7.54. The number of piperidine rings is 1. The van der Waals surface area contributed by atoms with Gasteiger partial charge in [0.05, 0.1) is 28.0 Å². The molecule has 3 rings (SSSR count). The van der Waals surface area contributed by atoms with E-state index in [1.807, 2.05) is 4.90 Å². The number of carboxylic acid groups (broad SMARTS) is 1. The molecule has 2 aromatic heterocycles. The average molecular weight is 396 g/mol. The third-order valence-corrected chi connectivity index (χ3v) is 4.78. The van der Waals surface area contributed by atoms with Gasteiger partial charge in [0.1, 0.15) is 11.2 Å². The van der Waals surface area contributed by atoms with E-state index in [0.29, 0.717) is 40.5 Å². The molecule has 27 heavy (non-hydrogen) atoms. The number of halogens is 1. The summed E-state index contributed by atoms with van der Waals surface area (Å²) in [6.07, 6.45) is 3.58. The third-order valence-electron chi connectivity index (χ3n) is 4.50. The maximum atomic E-state index is 12.2. The lowest BCUT2D eigenvalue weighted by Crippen LogP contribution is -2.47. The summed E-state index contributed by atoms with van der Waals surface area (Å²) in [5.74, 6) is -0.557. The van der Waals surface area contributed by atoms with Gasteiger partial charge in [-0.1, -0.05) is 11.6 Å². The van der Waals surface area contributed by atoms with E-state index in [1.54, 1.807) is 6.20 Å². The first kappa shape index (κ1) is 19.2. The van der Waals surface area contributed by atoms with Gasteiger partial charge in [-0.15, -0.1) is 0 Å². The largest absolute Gasteiger partial charge is 0.465 e. The molecule has 2 aromatic rings. The topological polar surface area (TPSA) is 131 Å².